The molecule has 0 aliphatic rings. The highest BCUT2D eigenvalue weighted by atomic mass is 32.1. The van der Waals surface area contributed by atoms with E-state index in [2.05, 4.69) is 17.9 Å². The van der Waals surface area contributed by atoms with Crippen LogP contribution in [0.1, 0.15) is 13.3 Å². The Kier molecular flexibility index (Phi) is 4.47. The summed E-state index contributed by atoms with van der Waals surface area (Å²) in [6.45, 7) is 2.01. The molecular weight excluding hydrogens is 148 g/mol. The standard InChI is InChI=1S/C6H14N2OS/c1-4-5(8(2)3)7-6(9)10/h5H,4H2,1-3H3,(H2,7,9,10). The second kappa shape index (κ2) is 4.57. The van der Waals surface area contributed by atoms with E-state index in [1.807, 2.05) is 25.9 Å². The lowest BCUT2D eigenvalue weighted by Gasteiger charge is -2.22. The van der Waals surface area contributed by atoms with Crippen LogP contribution in [0.3, 0.4) is 0 Å². The molecule has 0 aromatic heterocycles. The second-order valence-corrected chi connectivity index (χ2v) is 2.74. The van der Waals surface area contributed by atoms with E-state index >= 15 is 0 Å². The summed E-state index contributed by atoms with van der Waals surface area (Å²) < 4.78 is 0. The summed E-state index contributed by atoms with van der Waals surface area (Å²) in [6.07, 6.45) is 0.990. The van der Waals surface area contributed by atoms with E-state index in [-0.39, 0.29) is 11.4 Å². The summed E-state index contributed by atoms with van der Waals surface area (Å²) in [5.41, 5.74) is 0. The predicted molar refractivity (Wildman–Crippen MR) is 45.3 cm³/mol. The molecule has 0 aromatic carbocycles. The van der Waals surface area contributed by atoms with E-state index in [1.54, 1.807) is 0 Å². The van der Waals surface area contributed by atoms with Crippen molar-refractivity contribution in [1.29, 1.82) is 0 Å². The van der Waals surface area contributed by atoms with Crippen LogP contribution in [-0.2, 0) is 0 Å². The van der Waals surface area contributed by atoms with Crippen LogP contribution in [0.25, 0.3) is 0 Å². The molecule has 0 aliphatic carbocycles. The van der Waals surface area contributed by atoms with Gasteiger partial charge in [-0.3, -0.25) is 9.69 Å². The first kappa shape index (κ1) is 9.78. The minimum atomic E-state index is -0.277. The molecule has 10 heavy (non-hydrogen) atoms. The Hall–Kier alpha value is -0.220. The topological polar surface area (TPSA) is 32.3 Å². The highest BCUT2D eigenvalue weighted by molar-refractivity contribution is 7.96. The first-order valence-corrected chi connectivity index (χ1v) is 3.68. The number of nitrogens with one attached hydrogen (secondary N) is 1. The van der Waals surface area contributed by atoms with Crippen LogP contribution in [0.2, 0.25) is 0 Å². The average Bonchev–Trinajstić information content (AvgIpc) is 1.81. The molecule has 0 radical (unpaired) electrons. The molecule has 1 atom stereocenters. The molecule has 0 fully saturated rings. The molecule has 0 bridgehead atoms. The van der Waals surface area contributed by atoms with E-state index in [0.29, 0.717) is 0 Å². The third-order valence-corrected chi connectivity index (χ3v) is 1.43. The van der Waals surface area contributed by atoms with Crippen molar-refractivity contribution in [3.63, 3.8) is 0 Å². The van der Waals surface area contributed by atoms with Crippen LogP contribution >= 0.6 is 12.6 Å². The third kappa shape index (κ3) is 3.74. The Labute approximate surface area is 67.2 Å². The Morgan fingerprint density at radius 2 is 2.20 bits per heavy atom. The summed E-state index contributed by atoms with van der Waals surface area (Å²) >= 11 is 3.61. The summed E-state index contributed by atoms with van der Waals surface area (Å²) in [4.78, 5) is 12.4. The highest BCUT2D eigenvalue weighted by Gasteiger charge is 2.08. The monoisotopic (exact) mass is 162 g/mol. The maximum absolute atomic E-state index is 10.4. The van der Waals surface area contributed by atoms with Crippen molar-refractivity contribution in [3.8, 4) is 0 Å². The molecule has 0 saturated carbocycles. The molecule has 0 aliphatic heterocycles. The van der Waals surface area contributed by atoms with E-state index < -0.39 is 0 Å². The largest absolute Gasteiger partial charge is 0.332 e. The maximum atomic E-state index is 10.4. The molecular formula is C6H14N2OS. The Bertz CT molecular complexity index is 116. The van der Waals surface area contributed by atoms with Gasteiger partial charge in [0, 0.05) is 0 Å². The van der Waals surface area contributed by atoms with Gasteiger partial charge in [-0.15, -0.1) is 0 Å². The summed E-state index contributed by atoms with van der Waals surface area (Å²) in [5.74, 6) is 0. The Morgan fingerprint density at radius 1 is 1.70 bits per heavy atom. The molecule has 1 unspecified atom stereocenters. The van der Waals surface area contributed by atoms with Gasteiger partial charge in [0.2, 0.25) is 0 Å². The van der Waals surface area contributed by atoms with Crippen LogP contribution in [0, 0.1) is 0 Å². The lowest BCUT2D eigenvalue weighted by atomic mass is 10.3. The SMILES string of the molecule is CCC(NC(=O)S)N(C)C. The zero-order valence-corrected chi connectivity index (χ0v) is 7.48. The van der Waals surface area contributed by atoms with Crippen molar-refractivity contribution in [2.45, 2.75) is 19.5 Å². The van der Waals surface area contributed by atoms with Crippen LogP contribution in [-0.4, -0.2) is 30.4 Å². The molecule has 4 heteroatoms. The summed E-state index contributed by atoms with van der Waals surface area (Å²) in [6, 6.07) is 0. The normalized spacial score (nSPS) is 13.3. The molecule has 60 valence electrons. The minimum absolute atomic E-state index is 0.102. The van der Waals surface area contributed by atoms with Gasteiger partial charge >= 0.3 is 0 Å². The lowest BCUT2D eigenvalue weighted by molar-refractivity contribution is 0.225. The average molecular weight is 162 g/mol. The van der Waals surface area contributed by atoms with Gasteiger partial charge in [0.25, 0.3) is 5.24 Å². The van der Waals surface area contributed by atoms with Crippen molar-refractivity contribution in [3.05, 3.63) is 0 Å². The fourth-order valence-electron chi connectivity index (χ4n) is 0.739. The molecule has 0 rings (SSSR count). The minimum Gasteiger partial charge on any atom is -0.332 e. The third-order valence-electron chi connectivity index (χ3n) is 1.30. The number of rotatable bonds is 3. The fourth-order valence-corrected chi connectivity index (χ4v) is 0.888. The van der Waals surface area contributed by atoms with Gasteiger partial charge in [-0.25, -0.2) is 0 Å². The van der Waals surface area contributed by atoms with Crippen molar-refractivity contribution < 1.29 is 4.79 Å². The van der Waals surface area contributed by atoms with Gasteiger partial charge in [0.1, 0.15) is 0 Å². The van der Waals surface area contributed by atoms with Crippen molar-refractivity contribution in [2.24, 2.45) is 0 Å². The highest BCUT2D eigenvalue weighted by Crippen LogP contribution is 1.94. The number of amides is 1. The first-order chi connectivity index (χ1) is 4.57. The number of nitrogens with zero attached hydrogens (tertiary/aromatic N) is 1. The van der Waals surface area contributed by atoms with Gasteiger partial charge in [0.05, 0.1) is 6.17 Å². The number of hydrogen-bond donors (Lipinski definition) is 2. The molecule has 0 heterocycles. The first-order valence-electron chi connectivity index (χ1n) is 3.23. The Morgan fingerprint density at radius 3 is 2.30 bits per heavy atom. The molecule has 1 N–H and O–H groups in total. The van der Waals surface area contributed by atoms with Gasteiger partial charge in [-0.1, -0.05) is 19.6 Å². The number of carbonyl (C=O) groups is 1. The molecule has 1 amide bonds. The summed E-state index contributed by atoms with van der Waals surface area (Å²) in [5, 5.41) is 2.40. The zero-order chi connectivity index (χ0) is 8.15. The van der Waals surface area contributed by atoms with Gasteiger partial charge < -0.3 is 5.32 Å². The van der Waals surface area contributed by atoms with Crippen LogP contribution < -0.4 is 5.32 Å². The van der Waals surface area contributed by atoms with E-state index in [9.17, 15) is 4.79 Å². The van der Waals surface area contributed by atoms with Crippen LogP contribution in [0.4, 0.5) is 4.79 Å². The van der Waals surface area contributed by atoms with Crippen LogP contribution in [0.5, 0.6) is 0 Å². The second-order valence-electron chi connectivity index (χ2n) is 2.34. The molecule has 3 nitrogen and oxygen atoms in total. The zero-order valence-electron chi connectivity index (χ0n) is 6.59. The fraction of sp³-hybridized carbons (Fsp3) is 0.833. The maximum Gasteiger partial charge on any atom is 0.277 e. The molecule has 0 aromatic rings. The quantitative estimate of drug-likeness (QED) is 0.478. The number of carbonyl (C=O) groups excluding carboxylic acids is 1. The van der Waals surface area contributed by atoms with E-state index in [4.69, 9.17) is 0 Å². The summed E-state index contributed by atoms with van der Waals surface area (Å²) in [7, 11) is 3.83. The smallest absolute Gasteiger partial charge is 0.277 e. The number of hydrogen-bond acceptors (Lipinski definition) is 2. The lowest BCUT2D eigenvalue weighted by Crippen LogP contribution is -2.41. The predicted octanol–water partition coefficient (Wildman–Crippen LogP) is 0.923. The molecule has 0 spiro atoms. The van der Waals surface area contributed by atoms with Crippen molar-refractivity contribution >= 4 is 17.9 Å². The van der Waals surface area contributed by atoms with Gasteiger partial charge in [-0.2, -0.15) is 0 Å². The van der Waals surface area contributed by atoms with Crippen LogP contribution in [0.15, 0.2) is 0 Å². The van der Waals surface area contributed by atoms with E-state index in [0.717, 1.165) is 6.42 Å². The van der Waals surface area contributed by atoms with Gasteiger partial charge in [-0.05, 0) is 20.5 Å². The van der Waals surface area contributed by atoms with Gasteiger partial charge in [0.15, 0.2) is 0 Å². The van der Waals surface area contributed by atoms with Crippen molar-refractivity contribution in [1.82, 2.24) is 10.2 Å². The Balaban J connectivity index is 3.71. The molecule has 0 saturated heterocycles. The number of thiol groups is 1. The van der Waals surface area contributed by atoms with E-state index in [1.165, 1.54) is 0 Å². The van der Waals surface area contributed by atoms with Crippen molar-refractivity contribution in [2.75, 3.05) is 14.1 Å².